The van der Waals surface area contributed by atoms with Gasteiger partial charge < -0.3 is 14.4 Å². The van der Waals surface area contributed by atoms with Crippen LogP contribution in [0.15, 0.2) is 36.8 Å². The monoisotopic (exact) mass is 494 g/mol. The highest BCUT2D eigenvalue weighted by Crippen LogP contribution is 2.33. The first-order chi connectivity index (χ1) is 17.5. The summed E-state index contributed by atoms with van der Waals surface area (Å²) in [6.45, 7) is 3.17. The van der Waals surface area contributed by atoms with E-state index in [1.165, 1.54) is 13.2 Å². The van der Waals surface area contributed by atoms with Crippen LogP contribution in [0, 0.1) is 5.95 Å². The van der Waals surface area contributed by atoms with E-state index < -0.39 is 5.95 Å². The number of anilines is 1. The maximum Gasteiger partial charge on any atom is 0.305 e. The van der Waals surface area contributed by atoms with Crippen molar-refractivity contribution in [3.63, 3.8) is 0 Å². The molecule has 1 aliphatic rings. The number of esters is 1. The molecule has 0 radical (unpaired) electrons. The van der Waals surface area contributed by atoms with Crippen LogP contribution in [-0.4, -0.2) is 51.2 Å². The van der Waals surface area contributed by atoms with Crippen LogP contribution in [0.3, 0.4) is 0 Å². The molecule has 190 valence electrons. The number of halogens is 1. The molecule has 4 heterocycles. The first-order valence-corrected chi connectivity index (χ1v) is 12.3. The van der Waals surface area contributed by atoms with Gasteiger partial charge in [0.1, 0.15) is 11.6 Å². The molecule has 3 aromatic rings. The van der Waals surface area contributed by atoms with Crippen LogP contribution in [0.5, 0.6) is 5.75 Å². The zero-order chi connectivity index (χ0) is 25.3. The van der Waals surface area contributed by atoms with Gasteiger partial charge in [0, 0.05) is 55.7 Å². The van der Waals surface area contributed by atoms with Crippen molar-refractivity contribution in [2.45, 2.75) is 57.9 Å². The molecular formula is C26H31FN6O3. The summed E-state index contributed by atoms with van der Waals surface area (Å²) in [6, 6.07) is 4.78. The molecule has 0 spiro atoms. The molecule has 36 heavy (non-hydrogen) atoms. The fourth-order valence-electron chi connectivity index (χ4n) is 4.28. The predicted octanol–water partition coefficient (Wildman–Crippen LogP) is 4.48. The van der Waals surface area contributed by atoms with Gasteiger partial charge in [-0.3, -0.25) is 4.79 Å². The third kappa shape index (κ3) is 6.50. The van der Waals surface area contributed by atoms with Gasteiger partial charge in [0.25, 0.3) is 0 Å². The highest BCUT2D eigenvalue weighted by Gasteiger charge is 2.27. The smallest absolute Gasteiger partial charge is 0.305 e. The standard InChI is InChI=1S/C26H31FN6O3/c1-18-20-17-30-26(25-28-11-8-12-29-25)31-21(20)10-13-33(18)23-16-19(15-22(27)32-23)36-14-7-5-3-4-6-9-24(34)35-2/h8,11-12,15-18H,3-7,9-10,13-14H2,1-2H3. The van der Waals surface area contributed by atoms with Gasteiger partial charge >= 0.3 is 5.97 Å². The van der Waals surface area contributed by atoms with Crippen LogP contribution < -0.4 is 9.64 Å². The zero-order valence-electron chi connectivity index (χ0n) is 20.7. The SMILES string of the molecule is COC(=O)CCCCCCCOc1cc(F)nc(N2CCc3nc(-c4ncccn4)ncc3C2C)c1. The summed E-state index contributed by atoms with van der Waals surface area (Å²) < 4.78 is 24.8. The summed E-state index contributed by atoms with van der Waals surface area (Å²) in [5, 5.41) is 0. The molecule has 1 atom stereocenters. The molecule has 1 unspecified atom stereocenters. The Kier molecular flexibility index (Phi) is 8.70. The average Bonchev–Trinajstić information content (AvgIpc) is 2.90. The molecule has 0 fully saturated rings. The van der Waals surface area contributed by atoms with Gasteiger partial charge in [0.15, 0.2) is 11.6 Å². The Morgan fingerprint density at radius 2 is 1.83 bits per heavy atom. The quantitative estimate of drug-likeness (QED) is 0.217. The Labute approximate surface area is 210 Å². The topological polar surface area (TPSA) is 103 Å². The number of aromatic nitrogens is 5. The molecule has 0 N–H and O–H groups in total. The Morgan fingerprint density at radius 1 is 1.06 bits per heavy atom. The lowest BCUT2D eigenvalue weighted by Gasteiger charge is -2.35. The first kappa shape index (κ1) is 25.4. The van der Waals surface area contributed by atoms with Gasteiger partial charge in [-0.15, -0.1) is 0 Å². The number of rotatable bonds is 11. The van der Waals surface area contributed by atoms with Crippen LogP contribution in [-0.2, 0) is 16.0 Å². The lowest BCUT2D eigenvalue weighted by Crippen LogP contribution is -2.35. The molecule has 0 aliphatic carbocycles. The Hall–Kier alpha value is -3.69. The van der Waals surface area contributed by atoms with Gasteiger partial charge in [-0.05, 0) is 25.8 Å². The summed E-state index contributed by atoms with van der Waals surface area (Å²) in [4.78, 5) is 34.9. The Morgan fingerprint density at radius 3 is 2.64 bits per heavy atom. The van der Waals surface area contributed by atoms with Crippen LogP contribution in [0.4, 0.5) is 10.2 Å². The summed E-state index contributed by atoms with van der Waals surface area (Å²) in [5.74, 6) is 1.24. The van der Waals surface area contributed by atoms with Gasteiger partial charge in [0.05, 0.1) is 25.5 Å². The molecule has 10 heteroatoms. The fraction of sp³-hybridized carbons (Fsp3) is 0.462. The van der Waals surface area contributed by atoms with Crippen molar-refractivity contribution in [2.24, 2.45) is 0 Å². The van der Waals surface area contributed by atoms with Crippen LogP contribution in [0.1, 0.15) is 62.7 Å². The summed E-state index contributed by atoms with van der Waals surface area (Å²) >= 11 is 0. The van der Waals surface area contributed by atoms with Crippen molar-refractivity contribution >= 4 is 11.8 Å². The van der Waals surface area contributed by atoms with Gasteiger partial charge in [-0.1, -0.05) is 19.3 Å². The molecule has 3 aromatic heterocycles. The minimum Gasteiger partial charge on any atom is -0.493 e. The number of ether oxygens (including phenoxy) is 2. The summed E-state index contributed by atoms with van der Waals surface area (Å²) in [5.41, 5.74) is 1.91. The highest BCUT2D eigenvalue weighted by molar-refractivity contribution is 5.68. The number of hydrogen-bond donors (Lipinski definition) is 0. The fourth-order valence-corrected chi connectivity index (χ4v) is 4.28. The van der Waals surface area contributed by atoms with E-state index in [0.717, 1.165) is 43.4 Å². The van der Waals surface area contributed by atoms with Crippen molar-refractivity contribution in [3.8, 4) is 17.4 Å². The molecule has 9 nitrogen and oxygen atoms in total. The predicted molar refractivity (Wildman–Crippen MR) is 132 cm³/mol. The molecule has 0 bridgehead atoms. The molecule has 0 saturated heterocycles. The molecule has 4 rings (SSSR count). The van der Waals surface area contributed by atoms with E-state index in [1.54, 1.807) is 30.7 Å². The normalized spacial score (nSPS) is 14.9. The average molecular weight is 495 g/mol. The van der Waals surface area contributed by atoms with Crippen molar-refractivity contribution in [1.82, 2.24) is 24.9 Å². The molecular weight excluding hydrogens is 463 g/mol. The summed E-state index contributed by atoms with van der Waals surface area (Å²) in [6.07, 6.45) is 10.9. The van der Waals surface area contributed by atoms with Crippen molar-refractivity contribution in [2.75, 3.05) is 25.2 Å². The summed E-state index contributed by atoms with van der Waals surface area (Å²) in [7, 11) is 1.41. The van der Waals surface area contributed by atoms with E-state index in [-0.39, 0.29) is 12.0 Å². The Balaban J connectivity index is 1.33. The maximum absolute atomic E-state index is 14.4. The number of pyridine rings is 1. The van der Waals surface area contributed by atoms with Crippen molar-refractivity contribution < 1.29 is 18.7 Å². The first-order valence-electron chi connectivity index (χ1n) is 12.3. The number of methoxy groups -OCH3 is 1. The third-order valence-corrected chi connectivity index (χ3v) is 6.24. The van der Waals surface area contributed by atoms with Gasteiger partial charge in [-0.25, -0.2) is 24.9 Å². The van der Waals surface area contributed by atoms with E-state index in [0.29, 0.717) is 49.2 Å². The van der Waals surface area contributed by atoms with Gasteiger partial charge in [-0.2, -0.15) is 4.39 Å². The molecule has 0 amide bonds. The second-order valence-corrected chi connectivity index (χ2v) is 8.71. The molecule has 0 aromatic carbocycles. The van der Waals surface area contributed by atoms with E-state index in [2.05, 4.69) is 29.7 Å². The number of fused-ring (bicyclic) bond motifs is 1. The number of unbranched alkanes of at least 4 members (excludes halogenated alkanes) is 4. The van der Waals surface area contributed by atoms with E-state index in [4.69, 9.17) is 4.74 Å². The molecule has 1 aliphatic heterocycles. The second-order valence-electron chi connectivity index (χ2n) is 8.71. The van der Waals surface area contributed by atoms with Crippen molar-refractivity contribution in [1.29, 1.82) is 0 Å². The van der Waals surface area contributed by atoms with Gasteiger partial charge in [0.2, 0.25) is 5.95 Å². The van der Waals surface area contributed by atoms with E-state index in [9.17, 15) is 9.18 Å². The van der Waals surface area contributed by atoms with Crippen LogP contribution >= 0.6 is 0 Å². The zero-order valence-corrected chi connectivity index (χ0v) is 20.7. The van der Waals surface area contributed by atoms with E-state index >= 15 is 0 Å². The maximum atomic E-state index is 14.4. The minimum absolute atomic E-state index is 0.0772. The highest BCUT2D eigenvalue weighted by atomic mass is 19.1. The van der Waals surface area contributed by atoms with Crippen LogP contribution in [0.25, 0.3) is 11.6 Å². The lowest BCUT2D eigenvalue weighted by atomic mass is 9.99. The van der Waals surface area contributed by atoms with Crippen molar-refractivity contribution in [3.05, 3.63) is 54.0 Å². The van der Waals surface area contributed by atoms with E-state index in [1.807, 2.05) is 11.8 Å². The number of carbonyl (C=O) groups excluding carboxylic acids is 1. The number of hydrogen-bond acceptors (Lipinski definition) is 9. The number of nitrogens with zero attached hydrogens (tertiary/aromatic N) is 6. The largest absolute Gasteiger partial charge is 0.493 e. The van der Waals surface area contributed by atoms with Crippen LogP contribution in [0.2, 0.25) is 0 Å². The third-order valence-electron chi connectivity index (χ3n) is 6.24. The minimum atomic E-state index is -0.573. The molecule has 0 saturated carbocycles. The number of carbonyl (C=O) groups is 1. The second kappa shape index (κ2) is 12.3. The Bertz CT molecular complexity index is 1160. The lowest BCUT2D eigenvalue weighted by molar-refractivity contribution is -0.140.